The number of benzene rings is 3. The van der Waals surface area contributed by atoms with Gasteiger partial charge in [-0.1, -0.05) is 19.1 Å². The molecule has 4 rings (SSSR count). The summed E-state index contributed by atoms with van der Waals surface area (Å²) in [6, 6.07) is 14.8. The van der Waals surface area contributed by atoms with E-state index in [2.05, 4.69) is 4.52 Å². The topological polar surface area (TPSA) is 113 Å². The van der Waals surface area contributed by atoms with Crippen molar-refractivity contribution in [3.63, 3.8) is 0 Å². The van der Waals surface area contributed by atoms with Crippen LogP contribution in [0.3, 0.4) is 0 Å². The van der Waals surface area contributed by atoms with E-state index >= 15 is 4.39 Å². The number of nitrogens with zero attached hydrogens (tertiary/aromatic N) is 1. The number of fused-ring (bicyclic) bond motifs is 1. The summed E-state index contributed by atoms with van der Waals surface area (Å²) in [7, 11) is -1.32. The molecule has 1 unspecified atom stereocenters. The standard InChI is InChI=1S/C27H23FNO8P/c1-3-14-35-23-13-12-22(28)24-25(23)29(15-21(26(24)30)17-4-8-19(34-2)9-5-17)16-36-27(31)18-6-10-20(11-7-18)37-38(32)33/h4-13,15H,3,14,16H2,1-2H3/p+1. The van der Waals surface area contributed by atoms with Gasteiger partial charge in [0.2, 0.25) is 0 Å². The van der Waals surface area contributed by atoms with E-state index in [1.54, 1.807) is 24.3 Å². The fourth-order valence-corrected chi connectivity index (χ4v) is 4.12. The number of hydrogen-bond donors (Lipinski definition) is 1. The number of methoxy groups -OCH3 is 1. The molecule has 9 nitrogen and oxygen atoms in total. The van der Waals surface area contributed by atoms with Crippen molar-refractivity contribution in [1.82, 2.24) is 4.57 Å². The maximum Gasteiger partial charge on any atom is 0.747 e. The molecule has 0 aliphatic carbocycles. The molecular formula is C27H24FNO8P+. The zero-order valence-corrected chi connectivity index (χ0v) is 21.4. The summed E-state index contributed by atoms with van der Waals surface area (Å²) in [5, 5.41) is -0.192. The molecule has 1 heterocycles. The molecule has 0 radical (unpaired) electrons. The second kappa shape index (κ2) is 11.9. The Morgan fingerprint density at radius 3 is 2.34 bits per heavy atom. The summed E-state index contributed by atoms with van der Waals surface area (Å²) < 4.78 is 48.5. The highest BCUT2D eigenvalue weighted by atomic mass is 31.1. The first-order valence-electron chi connectivity index (χ1n) is 11.6. The zero-order valence-electron chi connectivity index (χ0n) is 20.5. The molecule has 1 aromatic heterocycles. The maximum atomic E-state index is 15.1. The highest BCUT2D eigenvalue weighted by Crippen LogP contribution is 2.30. The Balaban J connectivity index is 1.76. The third kappa shape index (κ3) is 5.82. The summed E-state index contributed by atoms with van der Waals surface area (Å²) in [4.78, 5) is 35.0. The minimum Gasteiger partial charge on any atom is -0.497 e. The number of aromatic nitrogens is 1. The zero-order chi connectivity index (χ0) is 27.2. The normalized spacial score (nSPS) is 11.2. The SMILES string of the molecule is CCCOc1ccc(F)c2c(=O)c(-c3ccc(OC)cc3)cn(COC(=O)c3ccc(O[P+](=O)O)cc3)c12. The average molecular weight is 540 g/mol. The van der Waals surface area contributed by atoms with Crippen LogP contribution in [0.25, 0.3) is 22.0 Å². The Morgan fingerprint density at radius 2 is 1.71 bits per heavy atom. The largest absolute Gasteiger partial charge is 0.747 e. The number of halogens is 1. The highest BCUT2D eigenvalue weighted by molar-refractivity contribution is 7.32. The van der Waals surface area contributed by atoms with Crippen LogP contribution in [-0.4, -0.2) is 29.1 Å². The van der Waals surface area contributed by atoms with Crippen molar-refractivity contribution in [3.8, 4) is 28.4 Å². The molecule has 196 valence electrons. The van der Waals surface area contributed by atoms with Crippen LogP contribution in [0, 0.1) is 5.82 Å². The lowest BCUT2D eigenvalue weighted by Crippen LogP contribution is -2.17. The summed E-state index contributed by atoms with van der Waals surface area (Å²) in [5.41, 5.74) is 0.492. The van der Waals surface area contributed by atoms with Crippen LogP contribution in [0.2, 0.25) is 0 Å². The second-order valence-corrected chi connectivity index (χ2v) is 8.76. The molecule has 38 heavy (non-hydrogen) atoms. The van der Waals surface area contributed by atoms with Crippen molar-refractivity contribution in [2.75, 3.05) is 13.7 Å². The van der Waals surface area contributed by atoms with Crippen LogP contribution in [0.4, 0.5) is 4.39 Å². The van der Waals surface area contributed by atoms with E-state index < -0.39 is 25.5 Å². The van der Waals surface area contributed by atoms with Gasteiger partial charge in [-0.25, -0.2) is 13.7 Å². The molecule has 0 saturated heterocycles. The lowest BCUT2D eigenvalue weighted by molar-refractivity contribution is 0.0378. The smallest absolute Gasteiger partial charge is 0.497 e. The average Bonchev–Trinajstić information content (AvgIpc) is 2.92. The molecule has 1 N–H and O–H groups in total. The van der Waals surface area contributed by atoms with Gasteiger partial charge in [0.05, 0.1) is 24.7 Å². The summed E-state index contributed by atoms with van der Waals surface area (Å²) in [5.74, 6) is -0.476. The predicted octanol–water partition coefficient (Wildman–Crippen LogP) is 5.45. The van der Waals surface area contributed by atoms with Gasteiger partial charge in [0.25, 0.3) is 0 Å². The fourth-order valence-electron chi connectivity index (χ4n) is 3.82. The van der Waals surface area contributed by atoms with E-state index in [-0.39, 0.29) is 40.3 Å². The molecule has 11 heteroatoms. The number of esters is 1. The van der Waals surface area contributed by atoms with E-state index in [4.69, 9.17) is 19.1 Å². The van der Waals surface area contributed by atoms with Gasteiger partial charge in [-0.15, -0.1) is 4.89 Å². The van der Waals surface area contributed by atoms with Crippen LogP contribution in [0.5, 0.6) is 17.2 Å². The number of carbonyl (C=O) groups excluding carboxylic acids is 1. The molecule has 0 fully saturated rings. The van der Waals surface area contributed by atoms with Crippen molar-refractivity contribution in [2.45, 2.75) is 20.1 Å². The van der Waals surface area contributed by atoms with Gasteiger partial charge in [-0.05, 0) is 60.5 Å². The Kier molecular flexibility index (Phi) is 8.35. The number of pyridine rings is 1. The van der Waals surface area contributed by atoms with E-state index in [0.717, 1.165) is 0 Å². The number of hydrogen-bond acceptors (Lipinski definition) is 7. The molecule has 3 aromatic carbocycles. The molecule has 4 aromatic rings. The molecule has 0 aliphatic heterocycles. The molecule has 0 amide bonds. The predicted molar refractivity (Wildman–Crippen MR) is 138 cm³/mol. The van der Waals surface area contributed by atoms with Gasteiger partial charge in [0, 0.05) is 16.3 Å². The van der Waals surface area contributed by atoms with E-state index in [0.29, 0.717) is 24.3 Å². The van der Waals surface area contributed by atoms with Crippen LogP contribution < -0.4 is 19.4 Å². The van der Waals surface area contributed by atoms with Gasteiger partial charge in [-0.3, -0.25) is 4.79 Å². The molecule has 0 spiro atoms. The van der Waals surface area contributed by atoms with Crippen molar-refractivity contribution in [1.29, 1.82) is 0 Å². The lowest BCUT2D eigenvalue weighted by atomic mass is 10.0. The van der Waals surface area contributed by atoms with Crippen LogP contribution >= 0.6 is 8.25 Å². The van der Waals surface area contributed by atoms with E-state index in [1.807, 2.05) is 6.92 Å². The molecule has 0 bridgehead atoms. The van der Waals surface area contributed by atoms with Gasteiger partial charge < -0.3 is 18.8 Å². The molecule has 1 atom stereocenters. The molecular weight excluding hydrogens is 516 g/mol. The summed E-state index contributed by atoms with van der Waals surface area (Å²) >= 11 is 0. The quantitative estimate of drug-likeness (QED) is 0.209. The number of rotatable bonds is 10. The van der Waals surface area contributed by atoms with Gasteiger partial charge in [-0.2, -0.15) is 0 Å². The Hall–Kier alpha value is -4.27. The van der Waals surface area contributed by atoms with Crippen molar-refractivity contribution in [3.05, 3.63) is 88.5 Å². The summed E-state index contributed by atoms with van der Waals surface area (Å²) in [6.07, 6.45) is 2.18. The van der Waals surface area contributed by atoms with Crippen molar-refractivity contribution >= 4 is 25.1 Å². The second-order valence-electron chi connectivity index (χ2n) is 8.10. The minimum atomic E-state index is -2.84. The number of carbonyl (C=O) groups is 1. The minimum absolute atomic E-state index is 0.105. The van der Waals surface area contributed by atoms with Gasteiger partial charge in [0.15, 0.2) is 17.9 Å². The third-order valence-electron chi connectivity index (χ3n) is 5.60. The first-order chi connectivity index (χ1) is 18.3. The van der Waals surface area contributed by atoms with Gasteiger partial charge in [0.1, 0.15) is 22.8 Å². The van der Waals surface area contributed by atoms with Gasteiger partial charge >= 0.3 is 14.2 Å². The van der Waals surface area contributed by atoms with E-state index in [1.165, 1.54) is 54.3 Å². The Bertz CT molecular complexity index is 1530. The van der Waals surface area contributed by atoms with E-state index in [9.17, 15) is 14.2 Å². The monoisotopic (exact) mass is 540 g/mol. The van der Waals surface area contributed by atoms with Crippen LogP contribution in [-0.2, 0) is 16.0 Å². The first kappa shape index (κ1) is 26.8. The Morgan fingerprint density at radius 1 is 1.03 bits per heavy atom. The maximum absolute atomic E-state index is 15.1. The lowest BCUT2D eigenvalue weighted by Gasteiger charge is -2.17. The Labute approximate surface area is 217 Å². The molecule has 0 aliphatic rings. The third-order valence-corrected chi connectivity index (χ3v) is 5.97. The number of ether oxygens (including phenoxy) is 3. The van der Waals surface area contributed by atoms with Crippen molar-refractivity contribution < 1.29 is 37.4 Å². The molecule has 0 saturated carbocycles. The van der Waals surface area contributed by atoms with Crippen molar-refractivity contribution in [2.24, 2.45) is 0 Å². The first-order valence-corrected chi connectivity index (χ1v) is 12.7. The fraction of sp³-hybridized carbons (Fsp3) is 0.185. The highest BCUT2D eigenvalue weighted by Gasteiger charge is 2.20. The summed E-state index contributed by atoms with van der Waals surface area (Å²) in [6.45, 7) is 1.89. The van der Waals surface area contributed by atoms with Crippen LogP contribution in [0.15, 0.2) is 71.7 Å². The van der Waals surface area contributed by atoms with Crippen LogP contribution in [0.1, 0.15) is 23.7 Å².